The maximum Gasteiger partial charge on any atom is 0.131 e. The van der Waals surface area contributed by atoms with Crippen LogP contribution in [-0.2, 0) is 0 Å². The number of nitrogens with two attached hydrogens (primary N) is 1. The van der Waals surface area contributed by atoms with Crippen LogP contribution in [0.5, 0.6) is 0 Å². The SMILES string of the molecule is CCC(C)(N)C#Cc1cnccn1. The zero-order valence-electron chi connectivity index (χ0n) is 7.91. The summed E-state index contributed by atoms with van der Waals surface area (Å²) in [7, 11) is 0. The van der Waals surface area contributed by atoms with Gasteiger partial charge in [-0.15, -0.1) is 0 Å². The van der Waals surface area contributed by atoms with E-state index in [1.54, 1.807) is 18.6 Å². The van der Waals surface area contributed by atoms with Crippen molar-refractivity contribution in [2.45, 2.75) is 25.8 Å². The molecule has 0 aliphatic carbocycles. The van der Waals surface area contributed by atoms with E-state index in [2.05, 4.69) is 21.8 Å². The molecule has 0 aliphatic heterocycles. The van der Waals surface area contributed by atoms with Gasteiger partial charge in [0.05, 0.1) is 11.7 Å². The first kappa shape index (κ1) is 9.69. The van der Waals surface area contributed by atoms with Gasteiger partial charge in [0.15, 0.2) is 0 Å². The van der Waals surface area contributed by atoms with E-state index < -0.39 is 5.54 Å². The van der Waals surface area contributed by atoms with Crippen molar-refractivity contribution in [2.75, 3.05) is 0 Å². The van der Waals surface area contributed by atoms with Gasteiger partial charge >= 0.3 is 0 Å². The topological polar surface area (TPSA) is 51.8 Å². The lowest BCUT2D eigenvalue weighted by Crippen LogP contribution is -2.33. The van der Waals surface area contributed by atoms with Gasteiger partial charge in [0.2, 0.25) is 0 Å². The average molecular weight is 175 g/mol. The predicted octanol–water partition coefficient (Wildman–Crippen LogP) is 0.956. The summed E-state index contributed by atoms with van der Waals surface area (Å²) in [5.41, 5.74) is 6.07. The van der Waals surface area contributed by atoms with Gasteiger partial charge < -0.3 is 5.73 Å². The molecular formula is C10H13N3. The lowest BCUT2D eigenvalue weighted by atomic mass is 10.0. The smallest absolute Gasteiger partial charge is 0.131 e. The first-order chi connectivity index (χ1) is 6.14. The fourth-order valence-corrected chi connectivity index (χ4v) is 0.659. The van der Waals surface area contributed by atoms with Crippen molar-refractivity contribution in [1.29, 1.82) is 0 Å². The zero-order chi connectivity index (χ0) is 9.73. The van der Waals surface area contributed by atoms with Crippen LogP contribution in [0.1, 0.15) is 26.0 Å². The first-order valence-corrected chi connectivity index (χ1v) is 4.22. The second-order valence-corrected chi connectivity index (χ2v) is 3.11. The minimum absolute atomic E-state index is 0.433. The second kappa shape index (κ2) is 4.01. The fourth-order valence-electron chi connectivity index (χ4n) is 0.659. The highest BCUT2D eigenvalue weighted by Gasteiger charge is 2.09. The molecule has 1 aromatic rings. The lowest BCUT2D eigenvalue weighted by molar-refractivity contribution is 0.586. The molecule has 68 valence electrons. The quantitative estimate of drug-likeness (QED) is 0.647. The standard InChI is InChI=1S/C10H13N3/c1-3-10(2,11)5-4-9-8-12-6-7-13-9/h6-8H,3,11H2,1-2H3. The van der Waals surface area contributed by atoms with Crippen LogP contribution >= 0.6 is 0 Å². The van der Waals surface area contributed by atoms with Gasteiger partial charge in [0.1, 0.15) is 5.69 Å². The Kier molecular flexibility index (Phi) is 2.99. The maximum absolute atomic E-state index is 5.84. The largest absolute Gasteiger partial charge is 0.315 e. The number of nitrogens with zero attached hydrogens (tertiary/aromatic N) is 2. The summed E-state index contributed by atoms with van der Waals surface area (Å²) in [5.74, 6) is 5.84. The molecule has 0 saturated carbocycles. The van der Waals surface area contributed by atoms with Crippen LogP contribution in [0.15, 0.2) is 18.6 Å². The summed E-state index contributed by atoms with van der Waals surface area (Å²) < 4.78 is 0. The normalized spacial score (nSPS) is 14.1. The number of rotatable bonds is 1. The minimum Gasteiger partial charge on any atom is -0.315 e. The monoisotopic (exact) mass is 175 g/mol. The van der Waals surface area contributed by atoms with Crippen LogP contribution in [0.2, 0.25) is 0 Å². The molecule has 0 aromatic carbocycles. The van der Waals surface area contributed by atoms with Crippen molar-refractivity contribution < 1.29 is 0 Å². The summed E-state index contributed by atoms with van der Waals surface area (Å²) in [5, 5.41) is 0. The number of aromatic nitrogens is 2. The summed E-state index contributed by atoms with van der Waals surface area (Å²) in [6.07, 6.45) is 5.68. The molecule has 3 heteroatoms. The van der Waals surface area contributed by atoms with Gasteiger partial charge in [0, 0.05) is 12.4 Å². The molecule has 1 heterocycles. The highest BCUT2D eigenvalue weighted by Crippen LogP contribution is 2.01. The van der Waals surface area contributed by atoms with Gasteiger partial charge in [-0.2, -0.15) is 0 Å². The zero-order valence-corrected chi connectivity index (χ0v) is 7.91. The lowest BCUT2D eigenvalue weighted by Gasteiger charge is -2.13. The molecule has 2 N–H and O–H groups in total. The molecule has 0 amide bonds. The van der Waals surface area contributed by atoms with E-state index in [9.17, 15) is 0 Å². The molecule has 1 aromatic heterocycles. The van der Waals surface area contributed by atoms with Crippen molar-refractivity contribution >= 4 is 0 Å². The van der Waals surface area contributed by atoms with Gasteiger partial charge in [0.25, 0.3) is 0 Å². The van der Waals surface area contributed by atoms with Crippen molar-refractivity contribution in [1.82, 2.24) is 9.97 Å². The highest BCUT2D eigenvalue weighted by molar-refractivity contribution is 5.28. The van der Waals surface area contributed by atoms with E-state index in [1.807, 2.05) is 13.8 Å². The highest BCUT2D eigenvalue weighted by atomic mass is 14.8. The molecule has 1 unspecified atom stereocenters. The summed E-state index contributed by atoms with van der Waals surface area (Å²) >= 11 is 0. The molecular weight excluding hydrogens is 162 g/mol. The van der Waals surface area contributed by atoms with Gasteiger partial charge in [-0.3, -0.25) is 4.98 Å². The molecule has 3 nitrogen and oxygen atoms in total. The summed E-state index contributed by atoms with van der Waals surface area (Å²) in [4.78, 5) is 7.93. The van der Waals surface area contributed by atoms with Crippen molar-refractivity contribution in [3.63, 3.8) is 0 Å². The number of hydrogen-bond donors (Lipinski definition) is 1. The third-order valence-electron chi connectivity index (χ3n) is 1.77. The first-order valence-electron chi connectivity index (χ1n) is 4.22. The van der Waals surface area contributed by atoms with Crippen LogP contribution in [0.3, 0.4) is 0 Å². The molecule has 0 radical (unpaired) electrons. The second-order valence-electron chi connectivity index (χ2n) is 3.11. The van der Waals surface area contributed by atoms with Crippen molar-refractivity contribution in [3.05, 3.63) is 24.3 Å². The molecule has 0 bridgehead atoms. The fraction of sp³-hybridized carbons (Fsp3) is 0.400. The van der Waals surface area contributed by atoms with E-state index in [-0.39, 0.29) is 0 Å². The Bertz CT molecular complexity index is 319. The van der Waals surface area contributed by atoms with Crippen LogP contribution in [0, 0.1) is 11.8 Å². The molecule has 0 fully saturated rings. The Balaban J connectivity index is 2.79. The Morgan fingerprint density at radius 1 is 1.54 bits per heavy atom. The Morgan fingerprint density at radius 3 is 2.85 bits per heavy atom. The molecule has 13 heavy (non-hydrogen) atoms. The Labute approximate surface area is 78.4 Å². The molecule has 1 rings (SSSR count). The third-order valence-corrected chi connectivity index (χ3v) is 1.77. The predicted molar refractivity (Wildman–Crippen MR) is 51.8 cm³/mol. The Morgan fingerprint density at radius 2 is 2.31 bits per heavy atom. The molecule has 0 saturated heterocycles. The molecule has 0 aliphatic rings. The number of hydrogen-bond acceptors (Lipinski definition) is 3. The maximum atomic E-state index is 5.84. The van der Waals surface area contributed by atoms with Crippen LogP contribution in [0.25, 0.3) is 0 Å². The third kappa shape index (κ3) is 3.22. The molecule has 0 spiro atoms. The minimum atomic E-state index is -0.433. The van der Waals surface area contributed by atoms with Crippen LogP contribution < -0.4 is 5.73 Å². The van der Waals surface area contributed by atoms with E-state index in [1.165, 1.54) is 0 Å². The van der Waals surface area contributed by atoms with E-state index in [0.717, 1.165) is 6.42 Å². The van der Waals surface area contributed by atoms with Crippen LogP contribution in [-0.4, -0.2) is 15.5 Å². The van der Waals surface area contributed by atoms with E-state index >= 15 is 0 Å². The Hall–Kier alpha value is -1.40. The van der Waals surface area contributed by atoms with Gasteiger partial charge in [-0.05, 0) is 19.3 Å². The van der Waals surface area contributed by atoms with Gasteiger partial charge in [-0.25, -0.2) is 4.98 Å². The summed E-state index contributed by atoms with van der Waals surface area (Å²) in [6, 6.07) is 0. The van der Waals surface area contributed by atoms with E-state index in [4.69, 9.17) is 5.73 Å². The van der Waals surface area contributed by atoms with Crippen molar-refractivity contribution in [3.8, 4) is 11.8 Å². The average Bonchev–Trinajstić information content (AvgIpc) is 2.17. The van der Waals surface area contributed by atoms with E-state index in [0.29, 0.717) is 5.69 Å². The van der Waals surface area contributed by atoms with Crippen LogP contribution in [0.4, 0.5) is 0 Å². The van der Waals surface area contributed by atoms with Crippen molar-refractivity contribution in [2.24, 2.45) is 5.73 Å². The summed E-state index contributed by atoms with van der Waals surface area (Å²) in [6.45, 7) is 3.90. The van der Waals surface area contributed by atoms with Gasteiger partial charge in [-0.1, -0.05) is 12.8 Å². The molecule has 1 atom stereocenters.